The van der Waals surface area contributed by atoms with Crippen LogP contribution in [0, 0.1) is 0 Å². The standard InChI is InChI=1S/C21H30N4/c1-16(2)17-10-9-11-18-19(17)20(24-12-5-3-6-13-24)23-21(22-18)25-14-7-4-8-15-25/h9-11,16H,3-8,12-15H2,1-2H3. The average Bonchev–Trinajstić information content (AvgIpc) is 2.68. The Balaban J connectivity index is 1.86. The molecule has 25 heavy (non-hydrogen) atoms. The first-order valence-electron chi connectivity index (χ1n) is 10.0. The van der Waals surface area contributed by atoms with Crippen LogP contribution in [-0.4, -0.2) is 36.1 Å². The predicted octanol–water partition coefficient (Wildman–Crippen LogP) is 4.73. The van der Waals surface area contributed by atoms with Crippen LogP contribution < -0.4 is 9.80 Å². The van der Waals surface area contributed by atoms with Crippen LogP contribution in [0.1, 0.15) is 63.9 Å². The summed E-state index contributed by atoms with van der Waals surface area (Å²) in [5.41, 5.74) is 2.49. The van der Waals surface area contributed by atoms with E-state index in [-0.39, 0.29) is 0 Å². The topological polar surface area (TPSA) is 32.3 Å². The van der Waals surface area contributed by atoms with Crippen molar-refractivity contribution in [3.63, 3.8) is 0 Å². The molecule has 2 fully saturated rings. The summed E-state index contributed by atoms with van der Waals surface area (Å²) < 4.78 is 0. The largest absolute Gasteiger partial charge is 0.356 e. The number of aromatic nitrogens is 2. The third-order valence-electron chi connectivity index (χ3n) is 5.64. The summed E-state index contributed by atoms with van der Waals surface area (Å²) in [5, 5.41) is 1.28. The van der Waals surface area contributed by atoms with Crippen LogP contribution in [0.3, 0.4) is 0 Å². The maximum atomic E-state index is 5.13. The zero-order valence-electron chi connectivity index (χ0n) is 15.7. The molecular formula is C21H30N4. The summed E-state index contributed by atoms with van der Waals surface area (Å²) >= 11 is 0. The smallest absolute Gasteiger partial charge is 0.227 e. The first-order chi connectivity index (χ1) is 12.2. The van der Waals surface area contributed by atoms with Crippen LogP contribution in [0.4, 0.5) is 11.8 Å². The van der Waals surface area contributed by atoms with E-state index in [1.807, 2.05) is 0 Å². The van der Waals surface area contributed by atoms with Crippen LogP contribution in [0.5, 0.6) is 0 Å². The fourth-order valence-electron chi connectivity index (χ4n) is 4.23. The van der Waals surface area contributed by atoms with Crippen molar-refractivity contribution in [2.75, 3.05) is 36.0 Å². The van der Waals surface area contributed by atoms with Gasteiger partial charge in [0.1, 0.15) is 5.82 Å². The first-order valence-corrected chi connectivity index (χ1v) is 10.0. The van der Waals surface area contributed by atoms with Crippen LogP contribution >= 0.6 is 0 Å². The molecule has 134 valence electrons. The lowest BCUT2D eigenvalue weighted by molar-refractivity contribution is 0.562. The molecule has 0 amide bonds. The molecule has 2 aromatic rings. The maximum Gasteiger partial charge on any atom is 0.227 e. The lowest BCUT2D eigenvalue weighted by Gasteiger charge is -2.32. The zero-order chi connectivity index (χ0) is 17.2. The number of anilines is 2. The Morgan fingerprint density at radius 3 is 2.08 bits per heavy atom. The van der Waals surface area contributed by atoms with Gasteiger partial charge in [-0.1, -0.05) is 26.0 Å². The van der Waals surface area contributed by atoms with E-state index in [4.69, 9.17) is 9.97 Å². The lowest BCUT2D eigenvalue weighted by Crippen LogP contribution is -2.34. The number of piperidine rings is 2. The van der Waals surface area contributed by atoms with Crippen molar-refractivity contribution in [1.82, 2.24) is 9.97 Å². The lowest BCUT2D eigenvalue weighted by atomic mass is 9.97. The number of hydrogen-bond acceptors (Lipinski definition) is 4. The van der Waals surface area contributed by atoms with E-state index < -0.39 is 0 Å². The van der Waals surface area contributed by atoms with Gasteiger partial charge in [0.25, 0.3) is 0 Å². The van der Waals surface area contributed by atoms with Crippen LogP contribution in [0.2, 0.25) is 0 Å². The second-order valence-corrected chi connectivity index (χ2v) is 7.84. The Hall–Kier alpha value is -1.84. The van der Waals surface area contributed by atoms with Gasteiger partial charge in [0.2, 0.25) is 5.95 Å². The van der Waals surface area contributed by atoms with Gasteiger partial charge in [-0.25, -0.2) is 4.98 Å². The van der Waals surface area contributed by atoms with Gasteiger partial charge >= 0.3 is 0 Å². The molecular weight excluding hydrogens is 308 g/mol. The van der Waals surface area contributed by atoms with Crippen molar-refractivity contribution in [2.45, 2.75) is 58.3 Å². The van der Waals surface area contributed by atoms with Crippen molar-refractivity contribution in [3.05, 3.63) is 23.8 Å². The van der Waals surface area contributed by atoms with E-state index in [1.54, 1.807) is 0 Å². The molecule has 4 nitrogen and oxygen atoms in total. The SMILES string of the molecule is CC(C)c1cccc2nc(N3CCCCC3)nc(N3CCCCC3)c12. The van der Waals surface area contributed by atoms with E-state index in [2.05, 4.69) is 41.8 Å². The number of nitrogens with zero attached hydrogens (tertiary/aromatic N) is 4. The molecule has 2 saturated heterocycles. The van der Waals surface area contributed by atoms with Gasteiger partial charge < -0.3 is 9.80 Å². The van der Waals surface area contributed by atoms with Crippen LogP contribution in [0.25, 0.3) is 10.9 Å². The van der Waals surface area contributed by atoms with Gasteiger partial charge in [-0.2, -0.15) is 4.98 Å². The summed E-state index contributed by atoms with van der Waals surface area (Å²) in [6.45, 7) is 8.97. The van der Waals surface area contributed by atoms with Gasteiger partial charge in [-0.3, -0.25) is 0 Å². The highest BCUT2D eigenvalue weighted by Crippen LogP contribution is 2.34. The minimum Gasteiger partial charge on any atom is -0.356 e. The van der Waals surface area contributed by atoms with Crippen molar-refractivity contribution >= 4 is 22.7 Å². The molecule has 1 aromatic heterocycles. The van der Waals surface area contributed by atoms with Crippen molar-refractivity contribution in [2.24, 2.45) is 0 Å². The predicted molar refractivity (Wildman–Crippen MR) is 106 cm³/mol. The highest BCUT2D eigenvalue weighted by Gasteiger charge is 2.22. The van der Waals surface area contributed by atoms with Gasteiger partial charge in [0.15, 0.2) is 0 Å². The Kier molecular flexibility index (Phi) is 4.78. The Morgan fingerprint density at radius 2 is 1.44 bits per heavy atom. The van der Waals surface area contributed by atoms with E-state index >= 15 is 0 Å². The molecule has 0 N–H and O–H groups in total. The van der Waals surface area contributed by atoms with Crippen LogP contribution in [0.15, 0.2) is 18.2 Å². The Morgan fingerprint density at radius 1 is 0.800 bits per heavy atom. The van der Waals surface area contributed by atoms with Crippen molar-refractivity contribution in [3.8, 4) is 0 Å². The fraction of sp³-hybridized carbons (Fsp3) is 0.619. The third-order valence-corrected chi connectivity index (χ3v) is 5.64. The molecule has 2 aliphatic heterocycles. The van der Waals surface area contributed by atoms with E-state index in [1.165, 1.54) is 55.3 Å². The molecule has 3 heterocycles. The molecule has 1 aromatic carbocycles. The minimum atomic E-state index is 0.483. The molecule has 0 unspecified atom stereocenters. The summed E-state index contributed by atoms with van der Waals surface area (Å²) in [5.74, 6) is 2.60. The van der Waals surface area contributed by atoms with Gasteiger partial charge in [-0.15, -0.1) is 0 Å². The zero-order valence-corrected chi connectivity index (χ0v) is 15.7. The summed E-state index contributed by atoms with van der Waals surface area (Å²) in [6, 6.07) is 6.58. The molecule has 0 atom stereocenters. The highest BCUT2D eigenvalue weighted by molar-refractivity contribution is 5.94. The number of rotatable bonds is 3. The molecule has 0 aliphatic carbocycles. The van der Waals surface area contributed by atoms with Gasteiger partial charge in [-0.05, 0) is 56.1 Å². The highest BCUT2D eigenvalue weighted by atomic mass is 15.3. The minimum absolute atomic E-state index is 0.483. The maximum absolute atomic E-state index is 5.13. The van der Waals surface area contributed by atoms with Crippen LogP contribution in [-0.2, 0) is 0 Å². The Labute approximate surface area is 151 Å². The van der Waals surface area contributed by atoms with Crippen molar-refractivity contribution in [1.29, 1.82) is 0 Å². The average molecular weight is 338 g/mol. The molecule has 4 rings (SSSR count). The Bertz CT molecular complexity index is 728. The first kappa shape index (κ1) is 16.6. The molecule has 0 saturated carbocycles. The molecule has 0 spiro atoms. The monoisotopic (exact) mass is 338 g/mol. The van der Waals surface area contributed by atoms with Gasteiger partial charge in [0, 0.05) is 31.6 Å². The number of benzene rings is 1. The number of hydrogen-bond donors (Lipinski definition) is 0. The second-order valence-electron chi connectivity index (χ2n) is 7.84. The summed E-state index contributed by atoms with van der Waals surface area (Å²) in [7, 11) is 0. The number of fused-ring (bicyclic) bond motifs is 1. The third kappa shape index (κ3) is 3.31. The summed E-state index contributed by atoms with van der Waals surface area (Å²) in [4.78, 5) is 15.0. The molecule has 0 radical (unpaired) electrons. The molecule has 0 bridgehead atoms. The van der Waals surface area contributed by atoms with E-state index in [0.29, 0.717) is 5.92 Å². The fourth-order valence-corrected chi connectivity index (χ4v) is 4.23. The van der Waals surface area contributed by atoms with E-state index in [9.17, 15) is 0 Å². The second kappa shape index (κ2) is 7.19. The quantitative estimate of drug-likeness (QED) is 0.809. The molecule has 4 heteroatoms. The summed E-state index contributed by atoms with van der Waals surface area (Å²) in [6.07, 6.45) is 7.73. The van der Waals surface area contributed by atoms with Crippen molar-refractivity contribution < 1.29 is 0 Å². The molecule has 2 aliphatic rings. The van der Waals surface area contributed by atoms with E-state index in [0.717, 1.165) is 37.6 Å². The van der Waals surface area contributed by atoms with Gasteiger partial charge in [0.05, 0.1) is 5.52 Å². The normalized spacial score (nSPS) is 19.0.